The Labute approximate surface area is 187 Å². The van der Waals surface area contributed by atoms with Gasteiger partial charge in [0.25, 0.3) is 0 Å². The van der Waals surface area contributed by atoms with Gasteiger partial charge in [0.2, 0.25) is 23.6 Å². The number of carbonyl (C=O) groups is 4. The third-order valence-corrected chi connectivity index (χ3v) is 6.58. The van der Waals surface area contributed by atoms with E-state index in [-0.39, 0.29) is 36.5 Å². The molecule has 2 heterocycles. The number of hydrogen-bond donors (Lipinski definition) is 1. The van der Waals surface area contributed by atoms with E-state index < -0.39 is 11.5 Å². The first-order valence-corrected chi connectivity index (χ1v) is 10.9. The fourth-order valence-electron chi connectivity index (χ4n) is 4.74. The Balaban J connectivity index is 1.68. The molecule has 7 nitrogen and oxygen atoms in total. The first-order chi connectivity index (χ1) is 15.4. The molecule has 7 heteroatoms. The summed E-state index contributed by atoms with van der Waals surface area (Å²) >= 11 is 0. The van der Waals surface area contributed by atoms with Gasteiger partial charge in [0.1, 0.15) is 6.04 Å². The first-order valence-electron chi connectivity index (χ1n) is 10.9. The number of amides is 4. The molecule has 0 saturated carbocycles. The van der Waals surface area contributed by atoms with Crippen molar-refractivity contribution in [1.29, 1.82) is 0 Å². The van der Waals surface area contributed by atoms with E-state index in [0.29, 0.717) is 25.1 Å². The van der Waals surface area contributed by atoms with Crippen LogP contribution in [-0.4, -0.2) is 59.6 Å². The molecule has 2 aliphatic heterocycles. The van der Waals surface area contributed by atoms with Gasteiger partial charge in [-0.3, -0.25) is 24.1 Å². The maximum atomic E-state index is 13.4. The standard InChI is InChI=1S/C25H27N3O4/c1-3-20-23(31)26-13-14-28(20)22(30)16-25(15-21(29)27(2)24(25)32)19-11-9-18(10-12-19)17-7-5-4-6-8-17/h4-12,20H,3,13-16H2,1-2H3,(H,26,31). The zero-order chi connectivity index (χ0) is 22.9. The number of nitrogens with one attached hydrogen (secondary N) is 1. The van der Waals surface area contributed by atoms with Crippen molar-refractivity contribution in [2.45, 2.75) is 37.6 Å². The summed E-state index contributed by atoms with van der Waals surface area (Å²) in [6.07, 6.45) is 0.287. The Kier molecular flexibility index (Phi) is 5.82. The van der Waals surface area contributed by atoms with E-state index in [1.165, 1.54) is 7.05 Å². The zero-order valence-corrected chi connectivity index (χ0v) is 18.3. The van der Waals surface area contributed by atoms with Crippen molar-refractivity contribution in [3.8, 4) is 11.1 Å². The Bertz CT molecular complexity index is 1050. The number of likely N-dealkylation sites (tertiary alicyclic amines) is 1. The summed E-state index contributed by atoms with van der Waals surface area (Å²) in [7, 11) is 1.46. The minimum atomic E-state index is -1.26. The molecule has 2 aromatic rings. The molecule has 2 unspecified atom stereocenters. The van der Waals surface area contributed by atoms with Crippen molar-refractivity contribution in [2.24, 2.45) is 0 Å². The molecule has 2 aromatic carbocycles. The summed E-state index contributed by atoms with van der Waals surface area (Å²) in [5.41, 5.74) is 1.41. The predicted molar refractivity (Wildman–Crippen MR) is 119 cm³/mol. The molecule has 2 atom stereocenters. The van der Waals surface area contributed by atoms with Crippen LogP contribution in [0.4, 0.5) is 0 Å². The largest absolute Gasteiger partial charge is 0.353 e. The highest BCUT2D eigenvalue weighted by molar-refractivity contribution is 6.10. The van der Waals surface area contributed by atoms with Crippen molar-refractivity contribution >= 4 is 23.6 Å². The van der Waals surface area contributed by atoms with E-state index in [9.17, 15) is 19.2 Å². The maximum Gasteiger partial charge on any atom is 0.242 e. The number of nitrogens with zero attached hydrogens (tertiary/aromatic N) is 2. The smallest absolute Gasteiger partial charge is 0.242 e. The highest BCUT2D eigenvalue weighted by atomic mass is 16.2. The van der Waals surface area contributed by atoms with E-state index in [1.54, 1.807) is 4.90 Å². The minimum absolute atomic E-state index is 0.0599. The van der Waals surface area contributed by atoms with Gasteiger partial charge in [0, 0.05) is 33.0 Å². The molecule has 0 aliphatic carbocycles. The van der Waals surface area contributed by atoms with Crippen LogP contribution < -0.4 is 5.32 Å². The topological polar surface area (TPSA) is 86.8 Å². The van der Waals surface area contributed by atoms with Crippen LogP contribution >= 0.6 is 0 Å². The molecule has 32 heavy (non-hydrogen) atoms. The van der Waals surface area contributed by atoms with Gasteiger partial charge >= 0.3 is 0 Å². The Morgan fingerprint density at radius 2 is 1.69 bits per heavy atom. The van der Waals surface area contributed by atoms with Gasteiger partial charge in [-0.15, -0.1) is 0 Å². The highest BCUT2D eigenvalue weighted by Gasteiger charge is 2.53. The van der Waals surface area contributed by atoms with Gasteiger partial charge in [-0.05, 0) is 23.1 Å². The van der Waals surface area contributed by atoms with Crippen LogP contribution in [0, 0.1) is 0 Å². The van der Waals surface area contributed by atoms with Crippen LogP contribution in [0.25, 0.3) is 11.1 Å². The first kappa shape index (κ1) is 21.7. The zero-order valence-electron chi connectivity index (χ0n) is 18.3. The lowest BCUT2D eigenvalue weighted by molar-refractivity contribution is -0.146. The molecule has 0 aromatic heterocycles. The average molecular weight is 434 g/mol. The molecule has 0 radical (unpaired) electrons. The molecular formula is C25H27N3O4. The Hall–Kier alpha value is -3.48. The number of carbonyl (C=O) groups excluding carboxylic acids is 4. The molecule has 2 saturated heterocycles. The molecular weight excluding hydrogens is 406 g/mol. The molecule has 2 aliphatic rings. The molecule has 4 amide bonds. The number of hydrogen-bond acceptors (Lipinski definition) is 4. The van der Waals surface area contributed by atoms with E-state index in [4.69, 9.17) is 0 Å². The fraction of sp³-hybridized carbons (Fsp3) is 0.360. The van der Waals surface area contributed by atoms with Crippen molar-refractivity contribution in [1.82, 2.24) is 15.1 Å². The second-order valence-corrected chi connectivity index (χ2v) is 8.44. The normalized spacial score (nSPS) is 23.4. The van der Waals surface area contributed by atoms with E-state index in [1.807, 2.05) is 61.5 Å². The molecule has 1 N–H and O–H groups in total. The number of imide groups is 1. The number of benzene rings is 2. The number of piperazine rings is 1. The predicted octanol–water partition coefficient (Wildman–Crippen LogP) is 2.11. The van der Waals surface area contributed by atoms with Crippen molar-refractivity contribution in [3.63, 3.8) is 0 Å². The van der Waals surface area contributed by atoms with Crippen LogP contribution in [0.3, 0.4) is 0 Å². The lowest BCUT2D eigenvalue weighted by Gasteiger charge is -2.37. The summed E-state index contributed by atoms with van der Waals surface area (Å²) in [5.74, 6) is -1.15. The molecule has 0 spiro atoms. The van der Waals surface area contributed by atoms with E-state index in [0.717, 1.165) is 16.0 Å². The number of likely N-dealkylation sites (N-methyl/N-ethyl adjacent to an activating group) is 1. The lowest BCUT2D eigenvalue weighted by Crippen LogP contribution is -2.58. The molecule has 166 valence electrons. The second kappa shape index (κ2) is 8.57. The van der Waals surface area contributed by atoms with Gasteiger partial charge in [-0.1, -0.05) is 61.5 Å². The minimum Gasteiger partial charge on any atom is -0.353 e. The van der Waals surface area contributed by atoms with E-state index in [2.05, 4.69) is 5.32 Å². The third-order valence-electron chi connectivity index (χ3n) is 6.58. The van der Waals surface area contributed by atoms with Crippen LogP contribution in [0.1, 0.15) is 31.7 Å². The van der Waals surface area contributed by atoms with Crippen LogP contribution in [-0.2, 0) is 24.6 Å². The summed E-state index contributed by atoms with van der Waals surface area (Å²) in [4.78, 5) is 54.0. The summed E-state index contributed by atoms with van der Waals surface area (Å²) in [6.45, 7) is 2.63. The summed E-state index contributed by atoms with van der Waals surface area (Å²) < 4.78 is 0. The van der Waals surface area contributed by atoms with Crippen molar-refractivity contribution < 1.29 is 19.2 Å². The molecule has 2 fully saturated rings. The third kappa shape index (κ3) is 3.68. The lowest BCUT2D eigenvalue weighted by atomic mass is 9.75. The summed E-state index contributed by atoms with van der Waals surface area (Å²) in [6, 6.07) is 16.8. The van der Waals surface area contributed by atoms with Gasteiger partial charge in [-0.25, -0.2) is 0 Å². The molecule has 4 rings (SSSR count). The summed E-state index contributed by atoms with van der Waals surface area (Å²) in [5, 5.41) is 2.79. The van der Waals surface area contributed by atoms with Crippen molar-refractivity contribution in [3.05, 3.63) is 60.2 Å². The maximum absolute atomic E-state index is 13.4. The Morgan fingerprint density at radius 3 is 2.28 bits per heavy atom. The average Bonchev–Trinajstić information content (AvgIpc) is 3.03. The van der Waals surface area contributed by atoms with Gasteiger partial charge < -0.3 is 10.2 Å². The van der Waals surface area contributed by atoms with E-state index >= 15 is 0 Å². The monoisotopic (exact) mass is 433 g/mol. The van der Waals surface area contributed by atoms with Crippen molar-refractivity contribution in [2.75, 3.05) is 20.1 Å². The second-order valence-electron chi connectivity index (χ2n) is 8.44. The van der Waals surface area contributed by atoms with Crippen LogP contribution in [0.2, 0.25) is 0 Å². The fourth-order valence-corrected chi connectivity index (χ4v) is 4.74. The van der Waals surface area contributed by atoms with Gasteiger partial charge in [-0.2, -0.15) is 0 Å². The van der Waals surface area contributed by atoms with Crippen LogP contribution in [0.15, 0.2) is 54.6 Å². The quantitative estimate of drug-likeness (QED) is 0.732. The van der Waals surface area contributed by atoms with Crippen LogP contribution in [0.5, 0.6) is 0 Å². The molecule has 0 bridgehead atoms. The highest BCUT2D eigenvalue weighted by Crippen LogP contribution is 2.40. The van der Waals surface area contributed by atoms with Gasteiger partial charge in [0.05, 0.1) is 5.41 Å². The van der Waals surface area contributed by atoms with Gasteiger partial charge in [0.15, 0.2) is 0 Å². The number of rotatable bonds is 5. The SMILES string of the molecule is CCC1C(=O)NCCN1C(=O)CC1(c2ccc(-c3ccccc3)cc2)CC(=O)N(C)C1=O. The Morgan fingerprint density at radius 1 is 1.03 bits per heavy atom.